The first-order chi connectivity index (χ1) is 8.83. The van der Waals surface area contributed by atoms with E-state index in [-0.39, 0.29) is 0 Å². The zero-order valence-corrected chi connectivity index (χ0v) is 12.1. The molecule has 0 aliphatic heterocycles. The molecule has 1 aliphatic carbocycles. The van der Waals surface area contributed by atoms with E-state index in [0.29, 0.717) is 11.9 Å². The molecular formula is C14H24ClN3. The molecule has 3 nitrogen and oxygen atoms in total. The van der Waals surface area contributed by atoms with Gasteiger partial charge in [0.15, 0.2) is 0 Å². The fraction of sp³-hybridized carbons (Fsp3) is 0.786. The smallest absolute Gasteiger partial charge is 0.0764 e. The molecule has 1 aromatic rings. The van der Waals surface area contributed by atoms with Gasteiger partial charge in [-0.25, -0.2) is 0 Å². The Morgan fingerprint density at radius 1 is 1.39 bits per heavy atom. The van der Waals surface area contributed by atoms with Gasteiger partial charge in [-0.3, -0.25) is 9.58 Å². The molecular weight excluding hydrogens is 246 g/mol. The molecule has 1 saturated carbocycles. The molecule has 1 fully saturated rings. The van der Waals surface area contributed by atoms with Gasteiger partial charge in [-0.2, -0.15) is 5.10 Å². The van der Waals surface area contributed by atoms with E-state index in [4.69, 9.17) is 16.7 Å². The van der Waals surface area contributed by atoms with Crippen LogP contribution in [-0.2, 0) is 6.54 Å². The topological polar surface area (TPSA) is 21.1 Å². The maximum atomic E-state index is 5.84. The van der Waals surface area contributed by atoms with E-state index in [1.54, 1.807) is 0 Å². The zero-order valence-electron chi connectivity index (χ0n) is 11.3. The Morgan fingerprint density at radius 2 is 2.17 bits per heavy atom. The zero-order chi connectivity index (χ0) is 12.8. The molecule has 4 heteroatoms. The van der Waals surface area contributed by atoms with Crippen LogP contribution in [0, 0.1) is 0 Å². The molecule has 0 spiro atoms. The molecule has 18 heavy (non-hydrogen) atoms. The summed E-state index contributed by atoms with van der Waals surface area (Å²) in [4.78, 5) is 2.38. The van der Waals surface area contributed by atoms with Crippen molar-refractivity contribution in [2.24, 2.45) is 0 Å². The van der Waals surface area contributed by atoms with E-state index >= 15 is 0 Å². The third-order valence-electron chi connectivity index (χ3n) is 3.69. The van der Waals surface area contributed by atoms with Crippen LogP contribution in [0.25, 0.3) is 0 Å². The number of hydrogen-bond donors (Lipinski definition) is 0. The van der Waals surface area contributed by atoms with Crippen molar-refractivity contribution in [3.63, 3.8) is 0 Å². The monoisotopic (exact) mass is 269 g/mol. The van der Waals surface area contributed by atoms with Crippen LogP contribution in [0.2, 0.25) is 0 Å². The normalized spacial score (nSPS) is 16.8. The van der Waals surface area contributed by atoms with Crippen LogP contribution in [0.5, 0.6) is 0 Å². The highest BCUT2D eigenvalue weighted by Gasteiger charge is 2.17. The summed E-state index contributed by atoms with van der Waals surface area (Å²) in [6.07, 6.45) is 8.61. The molecule has 0 unspecified atom stereocenters. The number of nitrogens with zero attached hydrogens (tertiary/aromatic N) is 3. The van der Waals surface area contributed by atoms with Crippen molar-refractivity contribution < 1.29 is 0 Å². The van der Waals surface area contributed by atoms with E-state index in [1.165, 1.54) is 37.8 Å². The molecule has 0 atom stereocenters. The van der Waals surface area contributed by atoms with Gasteiger partial charge in [0.25, 0.3) is 0 Å². The summed E-state index contributed by atoms with van der Waals surface area (Å²) in [5.74, 6) is 0.698. The molecule has 1 aromatic heterocycles. The summed E-state index contributed by atoms with van der Waals surface area (Å²) in [7, 11) is 0. The van der Waals surface area contributed by atoms with Crippen molar-refractivity contribution in [2.75, 3.05) is 19.0 Å². The highest BCUT2D eigenvalue weighted by molar-refractivity contribution is 6.18. The van der Waals surface area contributed by atoms with Crippen molar-refractivity contribution in [1.82, 2.24) is 14.7 Å². The van der Waals surface area contributed by atoms with Crippen molar-refractivity contribution >= 4 is 11.6 Å². The first-order valence-electron chi connectivity index (χ1n) is 7.16. The van der Waals surface area contributed by atoms with Gasteiger partial charge < -0.3 is 0 Å². The molecule has 0 bridgehead atoms. The van der Waals surface area contributed by atoms with Gasteiger partial charge in [-0.1, -0.05) is 19.8 Å². The second kappa shape index (κ2) is 7.15. The lowest BCUT2D eigenvalue weighted by Gasteiger charge is -2.19. The minimum absolute atomic E-state index is 0.645. The summed E-state index contributed by atoms with van der Waals surface area (Å²) < 4.78 is 2.17. The Bertz CT molecular complexity index is 339. The van der Waals surface area contributed by atoms with Gasteiger partial charge in [0.1, 0.15) is 0 Å². The van der Waals surface area contributed by atoms with Crippen molar-refractivity contribution in [3.05, 3.63) is 18.0 Å². The molecule has 0 saturated heterocycles. The van der Waals surface area contributed by atoms with Gasteiger partial charge >= 0.3 is 0 Å². The Balaban J connectivity index is 1.91. The predicted octanol–water partition coefficient (Wildman–Crippen LogP) is 3.45. The fourth-order valence-corrected chi connectivity index (χ4v) is 3.01. The molecule has 0 amide bonds. The number of halogens is 1. The van der Waals surface area contributed by atoms with Gasteiger partial charge in [0.05, 0.1) is 11.7 Å². The summed E-state index contributed by atoms with van der Waals surface area (Å²) in [6, 6.07) is 2.81. The maximum absolute atomic E-state index is 5.84. The largest absolute Gasteiger partial charge is 0.296 e. The van der Waals surface area contributed by atoms with Gasteiger partial charge in [0, 0.05) is 25.2 Å². The molecule has 0 N–H and O–H groups in total. The second-order valence-corrected chi connectivity index (χ2v) is 5.57. The molecule has 0 radical (unpaired) electrons. The van der Waals surface area contributed by atoms with Crippen LogP contribution in [0.4, 0.5) is 0 Å². The van der Waals surface area contributed by atoms with E-state index in [1.807, 2.05) is 0 Å². The fourth-order valence-electron chi connectivity index (χ4n) is 2.77. The third-order valence-corrected chi connectivity index (χ3v) is 3.86. The highest BCUT2D eigenvalue weighted by Crippen LogP contribution is 2.28. The summed E-state index contributed by atoms with van der Waals surface area (Å²) >= 11 is 5.84. The standard InChI is InChI=1S/C14H24ClN3/c1-2-9-17(11-8-15)12-13-7-10-18(16-13)14-5-3-4-6-14/h7,10,14H,2-6,8-9,11-12H2,1H3. The van der Waals surface area contributed by atoms with Crippen LogP contribution in [0.3, 0.4) is 0 Å². The first-order valence-corrected chi connectivity index (χ1v) is 7.69. The number of rotatable bonds is 7. The average molecular weight is 270 g/mol. The van der Waals surface area contributed by atoms with Crippen LogP contribution < -0.4 is 0 Å². The molecule has 102 valence electrons. The second-order valence-electron chi connectivity index (χ2n) is 5.19. The predicted molar refractivity (Wildman–Crippen MR) is 76.0 cm³/mol. The van der Waals surface area contributed by atoms with Gasteiger partial charge in [-0.15, -0.1) is 11.6 Å². The lowest BCUT2D eigenvalue weighted by Crippen LogP contribution is -2.26. The maximum Gasteiger partial charge on any atom is 0.0764 e. The summed E-state index contributed by atoms with van der Waals surface area (Å²) in [5, 5.41) is 4.73. The van der Waals surface area contributed by atoms with E-state index in [0.717, 1.165) is 19.6 Å². The lowest BCUT2D eigenvalue weighted by atomic mass is 10.3. The molecule has 1 heterocycles. The molecule has 0 aromatic carbocycles. The van der Waals surface area contributed by atoms with Crippen LogP contribution in [0.15, 0.2) is 12.3 Å². The van der Waals surface area contributed by atoms with Crippen molar-refractivity contribution in [2.45, 2.75) is 51.6 Å². The van der Waals surface area contributed by atoms with Crippen LogP contribution in [-0.4, -0.2) is 33.6 Å². The number of aromatic nitrogens is 2. The van der Waals surface area contributed by atoms with Crippen LogP contribution in [0.1, 0.15) is 50.8 Å². The quantitative estimate of drug-likeness (QED) is 0.707. The third kappa shape index (κ3) is 3.72. The van der Waals surface area contributed by atoms with E-state index in [9.17, 15) is 0 Å². The lowest BCUT2D eigenvalue weighted by molar-refractivity contribution is 0.277. The Morgan fingerprint density at radius 3 is 2.83 bits per heavy atom. The summed E-state index contributed by atoms with van der Waals surface area (Å²) in [6.45, 7) is 5.19. The average Bonchev–Trinajstić information content (AvgIpc) is 2.98. The molecule has 1 aliphatic rings. The summed E-state index contributed by atoms with van der Waals surface area (Å²) in [5.41, 5.74) is 1.18. The minimum Gasteiger partial charge on any atom is -0.296 e. The minimum atomic E-state index is 0.645. The Labute approximate surface area is 115 Å². The van der Waals surface area contributed by atoms with E-state index in [2.05, 4.69) is 28.8 Å². The SMILES string of the molecule is CCCN(CCCl)Cc1ccn(C2CCCC2)n1. The van der Waals surface area contributed by atoms with Crippen molar-refractivity contribution in [1.29, 1.82) is 0 Å². The molecule has 2 rings (SSSR count). The highest BCUT2D eigenvalue weighted by atomic mass is 35.5. The Hall–Kier alpha value is -0.540. The first kappa shape index (κ1) is 13.9. The number of alkyl halides is 1. The van der Waals surface area contributed by atoms with Gasteiger partial charge in [0.2, 0.25) is 0 Å². The van der Waals surface area contributed by atoms with Gasteiger partial charge in [-0.05, 0) is 31.9 Å². The van der Waals surface area contributed by atoms with Crippen molar-refractivity contribution in [3.8, 4) is 0 Å². The van der Waals surface area contributed by atoms with Crippen LogP contribution >= 0.6 is 11.6 Å². The van der Waals surface area contributed by atoms with E-state index < -0.39 is 0 Å². The Kier molecular flexibility index (Phi) is 5.51. The number of hydrogen-bond acceptors (Lipinski definition) is 2.